The minimum Gasteiger partial charge on any atom is -0.496 e. The Morgan fingerprint density at radius 1 is 1.07 bits per heavy atom. The number of methoxy groups -OCH3 is 2. The molecule has 0 spiro atoms. The van der Waals surface area contributed by atoms with E-state index in [9.17, 15) is 29.1 Å². The number of hydrogen-bond donors (Lipinski definition) is 4. The third-order valence-corrected chi connectivity index (χ3v) is 6.67. The first-order valence-electron chi connectivity index (χ1n) is 12.7. The number of carboxylic acids is 1. The molecule has 0 saturated carbocycles. The second kappa shape index (κ2) is 12.8. The third-order valence-electron chi connectivity index (χ3n) is 6.67. The fourth-order valence-corrected chi connectivity index (χ4v) is 4.66. The highest BCUT2D eigenvalue weighted by atomic mass is 16.5. The molecule has 1 aromatic heterocycles. The van der Waals surface area contributed by atoms with Crippen molar-refractivity contribution in [2.24, 2.45) is 0 Å². The SMILES string of the molecule is COc1cccc(OC)c1C(=O)Nc1nc(=O)[nH]cc1CC(NC(=O)N1CCCC1C(=O)c1ccccc1)C(=O)O. The van der Waals surface area contributed by atoms with Crippen molar-refractivity contribution in [2.45, 2.75) is 31.3 Å². The number of nitrogens with zero attached hydrogens (tertiary/aromatic N) is 2. The number of ether oxygens (including phenoxy) is 2. The average molecular weight is 564 g/mol. The lowest BCUT2D eigenvalue weighted by molar-refractivity contribution is -0.139. The third kappa shape index (κ3) is 6.52. The molecular formula is C28H29N5O8. The highest BCUT2D eigenvalue weighted by Crippen LogP contribution is 2.29. The fraction of sp³-hybridized carbons (Fsp3) is 0.286. The Morgan fingerprint density at radius 3 is 2.39 bits per heavy atom. The molecule has 1 saturated heterocycles. The number of carboxylic acid groups (broad SMARTS) is 1. The lowest BCUT2D eigenvalue weighted by Gasteiger charge is -2.26. The minimum absolute atomic E-state index is 0.0387. The molecule has 13 nitrogen and oxygen atoms in total. The zero-order chi connectivity index (χ0) is 29.5. The number of Topliss-reactive ketones (excluding diaryl/α,β-unsaturated/α-hetero) is 1. The molecule has 3 aromatic rings. The van der Waals surface area contributed by atoms with Gasteiger partial charge in [0.1, 0.15) is 28.9 Å². The molecule has 13 heteroatoms. The van der Waals surface area contributed by atoms with Crippen LogP contribution in [0.3, 0.4) is 0 Å². The van der Waals surface area contributed by atoms with Crippen LogP contribution in [0.15, 0.2) is 59.5 Å². The molecule has 0 radical (unpaired) electrons. The lowest BCUT2D eigenvalue weighted by atomic mass is 10.0. The molecule has 1 aliphatic heterocycles. The van der Waals surface area contributed by atoms with Gasteiger partial charge >= 0.3 is 17.7 Å². The topological polar surface area (TPSA) is 180 Å². The fourth-order valence-electron chi connectivity index (χ4n) is 4.66. The van der Waals surface area contributed by atoms with Crippen LogP contribution in [0.1, 0.15) is 39.1 Å². The number of aromatic nitrogens is 2. The number of aliphatic carboxylic acids is 1. The molecular weight excluding hydrogens is 534 g/mol. The van der Waals surface area contributed by atoms with E-state index in [2.05, 4.69) is 20.6 Å². The molecule has 214 valence electrons. The van der Waals surface area contributed by atoms with Crippen molar-refractivity contribution in [3.05, 3.63) is 81.9 Å². The van der Waals surface area contributed by atoms with E-state index in [1.807, 2.05) is 0 Å². The molecule has 4 N–H and O–H groups in total. The van der Waals surface area contributed by atoms with Crippen molar-refractivity contribution < 1.29 is 33.8 Å². The molecule has 2 unspecified atom stereocenters. The Hall–Kier alpha value is -5.20. The summed E-state index contributed by atoms with van der Waals surface area (Å²) in [5.74, 6) is -2.10. The minimum atomic E-state index is -1.47. The van der Waals surface area contributed by atoms with Crippen LogP contribution >= 0.6 is 0 Å². The van der Waals surface area contributed by atoms with Crippen molar-refractivity contribution in [1.82, 2.24) is 20.2 Å². The summed E-state index contributed by atoms with van der Waals surface area (Å²) in [6, 6.07) is 10.4. The number of anilines is 1. The molecule has 1 aliphatic rings. The summed E-state index contributed by atoms with van der Waals surface area (Å²) in [5.41, 5.74) is -0.153. The number of aromatic amines is 1. The van der Waals surface area contributed by atoms with Crippen LogP contribution in [-0.4, -0.2) is 76.5 Å². The Bertz CT molecular complexity index is 1480. The summed E-state index contributed by atoms with van der Waals surface area (Å²) in [5, 5.41) is 14.9. The smallest absolute Gasteiger partial charge is 0.346 e. The zero-order valence-corrected chi connectivity index (χ0v) is 22.4. The van der Waals surface area contributed by atoms with Crippen molar-refractivity contribution >= 4 is 29.5 Å². The van der Waals surface area contributed by atoms with E-state index < -0.39 is 35.7 Å². The monoisotopic (exact) mass is 563 g/mol. The van der Waals surface area contributed by atoms with Crippen LogP contribution in [0.5, 0.6) is 11.5 Å². The summed E-state index contributed by atoms with van der Waals surface area (Å²) < 4.78 is 10.5. The van der Waals surface area contributed by atoms with Crippen LogP contribution in [-0.2, 0) is 11.2 Å². The van der Waals surface area contributed by atoms with Gasteiger partial charge in [0.15, 0.2) is 5.78 Å². The normalized spacial score (nSPS) is 15.1. The predicted molar refractivity (Wildman–Crippen MR) is 147 cm³/mol. The van der Waals surface area contributed by atoms with Crippen LogP contribution < -0.4 is 25.8 Å². The van der Waals surface area contributed by atoms with Gasteiger partial charge in [0.25, 0.3) is 5.91 Å². The largest absolute Gasteiger partial charge is 0.496 e. The van der Waals surface area contributed by atoms with Crippen LogP contribution in [0.4, 0.5) is 10.6 Å². The van der Waals surface area contributed by atoms with Crippen molar-refractivity contribution in [1.29, 1.82) is 0 Å². The molecule has 3 amide bonds. The number of benzene rings is 2. The number of hydrogen-bond acceptors (Lipinski definition) is 8. The Labute approximate surface area is 234 Å². The van der Waals surface area contributed by atoms with Crippen molar-refractivity contribution in [3.63, 3.8) is 0 Å². The summed E-state index contributed by atoms with van der Waals surface area (Å²) >= 11 is 0. The second-order valence-corrected chi connectivity index (χ2v) is 9.20. The Kier molecular flexibility index (Phi) is 8.97. The van der Waals surface area contributed by atoms with E-state index >= 15 is 0 Å². The van der Waals surface area contributed by atoms with E-state index in [-0.39, 0.29) is 47.2 Å². The first-order valence-corrected chi connectivity index (χ1v) is 12.7. The Balaban J connectivity index is 1.54. The molecule has 2 atom stereocenters. The standard InChI is InChI=1S/C28H29N5O8/c1-40-20-11-6-12-21(41-2)22(20)25(35)31-24-17(15-29-27(38)32-24)14-18(26(36)37)30-28(39)33-13-7-10-19(33)23(34)16-8-4-3-5-9-16/h3-6,8-9,11-12,15,18-19H,7,10,13-14H2,1-2H3,(H,30,39)(H,36,37)(H2,29,31,32,35,38). The number of carbonyl (C=O) groups is 4. The van der Waals surface area contributed by atoms with Crippen molar-refractivity contribution in [2.75, 3.05) is 26.1 Å². The predicted octanol–water partition coefficient (Wildman–Crippen LogP) is 2.09. The van der Waals surface area contributed by atoms with Gasteiger partial charge < -0.3 is 35.1 Å². The van der Waals surface area contributed by atoms with Gasteiger partial charge in [-0.1, -0.05) is 36.4 Å². The number of carbonyl (C=O) groups excluding carboxylic acids is 3. The maximum atomic E-state index is 13.2. The van der Waals surface area contributed by atoms with E-state index in [1.54, 1.807) is 48.5 Å². The molecule has 0 aliphatic carbocycles. The van der Waals surface area contributed by atoms with E-state index in [0.717, 1.165) is 0 Å². The number of likely N-dealkylation sites (tertiary alicyclic amines) is 1. The zero-order valence-electron chi connectivity index (χ0n) is 22.4. The van der Waals surface area contributed by atoms with Gasteiger partial charge in [-0.05, 0) is 25.0 Å². The first kappa shape index (κ1) is 28.8. The number of rotatable bonds is 10. The number of ketones is 1. The van der Waals surface area contributed by atoms with Gasteiger partial charge in [0.05, 0.1) is 20.3 Å². The highest BCUT2D eigenvalue weighted by Gasteiger charge is 2.36. The van der Waals surface area contributed by atoms with Gasteiger partial charge in [-0.2, -0.15) is 4.98 Å². The molecule has 2 aromatic carbocycles. The summed E-state index contributed by atoms with van der Waals surface area (Å²) in [6.45, 7) is 0.281. The van der Waals surface area contributed by atoms with Gasteiger partial charge in [-0.15, -0.1) is 0 Å². The molecule has 1 fully saturated rings. The van der Waals surface area contributed by atoms with Crippen molar-refractivity contribution in [3.8, 4) is 11.5 Å². The van der Waals surface area contributed by atoms with Crippen LogP contribution in [0.2, 0.25) is 0 Å². The summed E-state index contributed by atoms with van der Waals surface area (Å²) in [7, 11) is 2.75. The quantitative estimate of drug-likeness (QED) is 0.269. The molecule has 2 heterocycles. The number of amides is 3. The maximum absolute atomic E-state index is 13.2. The second-order valence-electron chi connectivity index (χ2n) is 9.20. The van der Waals surface area contributed by atoms with Crippen LogP contribution in [0.25, 0.3) is 0 Å². The molecule has 0 bridgehead atoms. The average Bonchev–Trinajstić information content (AvgIpc) is 3.47. The van der Waals surface area contributed by atoms with Gasteiger partial charge in [-0.3, -0.25) is 9.59 Å². The maximum Gasteiger partial charge on any atom is 0.346 e. The molecule has 4 rings (SSSR count). The highest BCUT2D eigenvalue weighted by molar-refractivity contribution is 6.08. The van der Waals surface area contributed by atoms with Gasteiger partial charge in [-0.25, -0.2) is 14.4 Å². The Morgan fingerprint density at radius 2 is 1.76 bits per heavy atom. The van der Waals surface area contributed by atoms with Gasteiger partial charge in [0, 0.05) is 30.3 Å². The summed E-state index contributed by atoms with van der Waals surface area (Å²) in [6.07, 6.45) is 1.91. The van der Waals surface area contributed by atoms with E-state index in [0.29, 0.717) is 18.4 Å². The number of urea groups is 1. The van der Waals surface area contributed by atoms with Gasteiger partial charge in [0.2, 0.25) is 0 Å². The summed E-state index contributed by atoms with van der Waals surface area (Å²) in [4.78, 5) is 71.0. The number of nitrogens with one attached hydrogen (secondary N) is 3. The van der Waals surface area contributed by atoms with Crippen LogP contribution in [0, 0.1) is 0 Å². The number of H-pyrrole nitrogens is 1. The van der Waals surface area contributed by atoms with E-state index in [4.69, 9.17) is 9.47 Å². The molecule has 41 heavy (non-hydrogen) atoms. The van der Waals surface area contributed by atoms with E-state index in [1.165, 1.54) is 25.3 Å². The first-order chi connectivity index (χ1) is 19.7. The lowest BCUT2D eigenvalue weighted by Crippen LogP contribution is -2.52.